The van der Waals surface area contributed by atoms with E-state index in [0.717, 1.165) is 17.7 Å². The lowest BCUT2D eigenvalue weighted by Gasteiger charge is -2.12. The topological polar surface area (TPSA) is 106 Å². The molecule has 2 amide bonds. The highest BCUT2D eigenvalue weighted by Crippen LogP contribution is 2.27. The van der Waals surface area contributed by atoms with Crippen molar-refractivity contribution in [1.82, 2.24) is 20.9 Å². The van der Waals surface area contributed by atoms with Gasteiger partial charge in [-0.1, -0.05) is 23.4 Å². The second-order valence-electron chi connectivity index (χ2n) is 5.24. The number of para-hydroxylation sites is 1. The maximum Gasteiger partial charge on any atom is 0.275 e. The number of hydrogen-bond donors (Lipinski definition) is 2. The summed E-state index contributed by atoms with van der Waals surface area (Å²) < 4.78 is 10.2. The molecule has 2 aromatic rings. The molecule has 1 aliphatic rings. The standard InChI is InChI=1S/C15H16N4O4/c1-9-14(19-23-18-9)15(21)17-8-13(20)16-7-11-6-10-4-2-3-5-12(10)22-11/h2-5,11H,6-8H2,1H3,(H,16,20)(H,17,21). The average molecular weight is 316 g/mol. The van der Waals surface area contributed by atoms with Crippen LogP contribution < -0.4 is 15.4 Å². The Bertz CT molecular complexity index is 703. The molecule has 0 bridgehead atoms. The van der Waals surface area contributed by atoms with Crippen molar-refractivity contribution >= 4 is 11.8 Å². The SMILES string of the molecule is Cc1nonc1C(=O)NCC(=O)NCC1Cc2ccccc2O1. The van der Waals surface area contributed by atoms with Gasteiger partial charge in [0.25, 0.3) is 5.91 Å². The maximum absolute atomic E-state index is 11.8. The first-order valence-corrected chi connectivity index (χ1v) is 7.22. The molecule has 23 heavy (non-hydrogen) atoms. The van der Waals surface area contributed by atoms with E-state index in [1.54, 1.807) is 6.92 Å². The van der Waals surface area contributed by atoms with Crippen LogP contribution in [0.5, 0.6) is 5.75 Å². The first-order chi connectivity index (χ1) is 11.1. The minimum Gasteiger partial charge on any atom is -0.488 e. The molecule has 2 heterocycles. The quantitative estimate of drug-likeness (QED) is 0.818. The first-order valence-electron chi connectivity index (χ1n) is 7.22. The normalized spacial score (nSPS) is 15.6. The zero-order valence-corrected chi connectivity index (χ0v) is 12.5. The molecule has 1 aliphatic heterocycles. The Morgan fingerprint density at radius 2 is 2.09 bits per heavy atom. The minimum absolute atomic E-state index is 0.0763. The van der Waals surface area contributed by atoms with Crippen LogP contribution in [0.2, 0.25) is 0 Å². The fraction of sp³-hybridized carbons (Fsp3) is 0.333. The molecule has 3 rings (SSSR count). The van der Waals surface area contributed by atoms with Gasteiger partial charge in [0.05, 0.1) is 13.1 Å². The van der Waals surface area contributed by atoms with Gasteiger partial charge in [0.1, 0.15) is 17.5 Å². The van der Waals surface area contributed by atoms with E-state index in [1.807, 2.05) is 24.3 Å². The van der Waals surface area contributed by atoms with Crippen molar-refractivity contribution < 1.29 is 19.0 Å². The summed E-state index contributed by atoms with van der Waals surface area (Å²) in [5.41, 5.74) is 1.58. The molecule has 0 aliphatic carbocycles. The molecule has 0 saturated heterocycles. The van der Waals surface area contributed by atoms with Crippen molar-refractivity contribution in [3.05, 3.63) is 41.2 Å². The molecule has 0 spiro atoms. The van der Waals surface area contributed by atoms with Crippen LogP contribution in [0.4, 0.5) is 0 Å². The van der Waals surface area contributed by atoms with Crippen LogP contribution in [0.25, 0.3) is 0 Å². The number of carbonyl (C=O) groups excluding carboxylic acids is 2. The van der Waals surface area contributed by atoms with E-state index in [9.17, 15) is 9.59 Å². The number of nitrogens with zero attached hydrogens (tertiary/aromatic N) is 2. The summed E-state index contributed by atoms with van der Waals surface area (Å²) in [6.07, 6.45) is 0.668. The van der Waals surface area contributed by atoms with E-state index >= 15 is 0 Å². The summed E-state index contributed by atoms with van der Waals surface area (Å²) in [7, 11) is 0. The number of ether oxygens (including phenoxy) is 1. The number of rotatable bonds is 5. The number of hydrogen-bond acceptors (Lipinski definition) is 6. The zero-order chi connectivity index (χ0) is 16.2. The molecule has 2 N–H and O–H groups in total. The van der Waals surface area contributed by atoms with Crippen LogP contribution in [0.1, 0.15) is 21.7 Å². The van der Waals surface area contributed by atoms with E-state index in [0.29, 0.717) is 12.2 Å². The molecule has 0 saturated carbocycles. The molecule has 1 atom stereocenters. The number of carbonyl (C=O) groups is 2. The number of aromatic nitrogens is 2. The van der Waals surface area contributed by atoms with Gasteiger partial charge in [0, 0.05) is 6.42 Å². The monoisotopic (exact) mass is 316 g/mol. The van der Waals surface area contributed by atoms with Crippen LogP contribution >= 0.6 is 0 Å². The van der Waals surface area contributed by atoms with Crippen LogP contribution in [0.15, 0.2) is 28.9 Å². The third kappa shape index (κ3) is 3.47. The van der Waals surface area contributed by atoms with E-state index in [1.165, 1.54) is 0 Å². The average Bonchev–Trinajstić information content (AvgIpc) is 3.16. The highest BCUT2D eigenvalue weighted by molar-refractivity contribution is 5.95. The van der Waals surface area contributed by atoms with Gasteiger partial charge in [-0.2, -0.15) is 0 Å². The lowest BCUT2D eigenvalue weighted by atomic mass is 10.1. The van der Waals surface area contributed by atoms with Crippen LogP contribution in [0, 0.1) is 6.92 Å². The predicted octanol–water partition coefficient (Wildman–Crippen LogP) is 0.228. The first kappa shape index (κ1) is 15.0. The van der Waals surface area contributed by atoms with Crippen LogP contribution in [-0.4, -0.2) is 41.3 Å². The number of fused-ring (bicyclic) bond motifs is 1. The second-order valence-corrected chi connectivity index (χ2v) is 5.24. The number of nitrogens with one attached hydrogen (secondary N) is 2. The van der Waals surface area contributed by atoms with Gasteiger partial charge in [-0.15, -0.1) is 0 Å². The summed E-state index contributed by atoms with van der Waals surface area (Å²) in [5.74, 6) is 0.0597. The van der Waals surface area contributed by atoms with Crippen LogP contribution in [0.3, 0.4) is 0 Å². The van der Waals surface area contributed by atoms with E-state index in [2.05, 4.69) is 25.6 Å². The Hall–Kier alpha value is -2.90. The van der Waals surface area contributed by atoms with Gasteiger partial charge in [-0.3, -0.25) is 9.59 Å². The fourth-order valence-electron chi connectivity index (χ4n) is 2.34. The summed E-state index contributed by atoms with van der Waals surface area (Å²) in [6.45, 7) is 1.83. The lowest BCUT2D eigenvalue weighted by Crippen LogP contribution is -2.41. The van der Waals surface area contributed by atoms with Gasteiger partial charge in [-0.05, 0) is 23.7 Å². The fourth-order valence-corrected chi connectivity index (χ4v) is 2.34. The van der Waals surface area contributed by atoms with Crippen molar-refractivity contribution in [1.29, 1.82) is 0 Å². The van der Waals surface area contributed by atoms with Gasteiger partial charge in [0.2, 0.25) is 5.91 Å². The highest BCUT2D eigenvalue weighted by atomic mass is 16.6. The minimum atomic E-state index is -0.497. The Kier molecular flexibility index (Phi) is 4.22. The third-order valence-electron chi connectivity index (χ3n) is 3.52. The van der Waals surface area contributed by atoms with Crippen molar-refractivity contribution in [3.8, 4) is 5.75 Å². The summed E-state index contributed by atoms with van der Waals surface area (Å²) in [6, 6.07) is 7.78. The molecule has 1 aromatic heterocycles. The summed E-state index contributed by atoms with van der Waals surface area (Å²) in [5, 5.41) is 12.2. The smallest absolute Gasteiger partial charge is 0.275 e. The third-order valence-corrected chi connectivity index (χ3v) is 3.52. The molecule has 1 unspecified atom stereocenters. The molecule has 1 aromatic carbocycles. The Morgan fingerprint density at radius 3 is 2.83 bits per heavy atom. The van der Waals surface area contributed by atoms with Crippen molar-refractivity contribution in [2.24, 2.45) is 0 Å². The predicted molar refractivity (Wildman–Crippen MR) is 78.9 cm³/mol. The Labute approximate surface area is 132 Å². The number of benzene rings is 1. The van der Waals surface area contributed by atoms with Gasteiger partial charge in [-0.25, -0.2) is 4.63 Å². The second kappa shape index (κ2) is 6.47. The number of amides is 2. The molecule has 0 radical (unpaired) electrons. The summed E-state index contributed by atoms with van der Waals surface area (Å²) >= 11 is 0. The zero-order valence-electron chi connectivity index (χ0n) is 12.5. The molecule has 0 fully saturated rings. The molecule has 120 valence electrons. The van der Waals surface area contributed by atoms with E-state index < -0.39 is 5.91 Å². The molecule has 8 heteroatoms. The van der Waals surface area contributed by atoms with Crippen molar-refractivity contribution in [3.63, 3.8) is 0 Å². The Balaban J connectivity index is 1.41. The summed E-state index contributed by atoms with van der Waals surface area (Å²) in [4.78, 5) is 23.6. The Morgan fingerprint density at radius 1 is 1.26 bits per heavy atom. The lowest BCUT2D eigenvalue weighted by molar-refractivity contribution is -0.120. The molecule has 8 nitrogen and oxygen atoms in total. The van der Waals surface area contributed by atoms with E-state index in [4.69, 9.17) is 4.74 Å². The van der Waals surface area contributed by atoms with Gasteiger partial charge >= 0.3 is 0 Å². The largest absolute Gasteiger partial charge is 0.488 e. The molecular weight excluding hydrogens is 300 g/mol. The van der Waals surface area contributed by atoms with Crippen LogP contribution in [-0.2, 0) is 11.2 Å². The van der Waals surface area contributed by atoms with Crippen molar-refractivity contribution in [2.75, 3.05) is 13.1 Å². The van der Waals surface area contributed by atoms with Gasteiger partial charge in [0.15, 0.2) is 5.69 Å². The van der Waals surface area contributed by atoms with Gasteiger partial charge < -0.3 is 15.4 Å². The molecular formula is C15H16N4O4. The maximum atomic E-state index is 11.8. The van der Waals surface area contributed by atoms with E-state index in [-0.39, 0.29) is 24.2 Å². The number of aryl methyl sites for hydroxylation is 1. The highest BCUT2D eigenvalue weighted by Gasteiger charge is 2.22. The van der Waals surface area contributed by atoms with Crippen molar-refractivity contribution in [2.45, 2.75) is 19.4 Å².